The number of sulfonamides is 1. The third-order valence-corrected chi connectivity index (χ3v) is 9.10. The molecule has 1 atom stereocenters. The number of thiophene rings is 1. The molecule has 1 aromatic heterocycles. The smallest absolute Gasteiger partial charge is 0.337 e. The number of benzene rings is 2. The number of methoxy groups -OCH3 is 1. The van der Waals surface area contributed by atoms with Gasteiger partial charge in [0.15, 0.2) is 0 Å². The molecule has 1 unspecified atom stereocenters. The van der Waals surface area contributed by atoms with E-state index in [9.17, 15) is 22.8 Å². The van der Waals surface area contributed by atoms with E-state index in [0.717, 1.165) is 26.1 Å². The fourth-order valence-corrected chi connectivity index (χ4v) is 6.79. The molecule has 2 aromatic carbocycles. The predicted molar refractivity (Wildman–Crippen MR) is 132 cm³/mol. The molecule has 0 aliphatic carbocycles. The summed E-state index contributed by atoms with van der Waals surface area (Å²) >= 11 is 7.11. The average Bonchev–Trinajstić information content (AvgIpc) is 3.48. The number of anilines is 1. The molecule has 1 aliphatic rings. The molecule has 0 bridgehead atoms. The van der Waals surface area contributed by atoms with Crippen molar-refractivity contribution in [3.8, 4) is 0 Å². The molecule has 1 saturated heterocycles. The lowest BCUT2D eigenvalue weighted by Crippen LogP contribution is -2.46. The van der Waals surface area contributed by atoms with Gasteiger partial charge in [0.1, 0.15) is 10.3 Å². The molecule has 11 heteroatoms. The van der Waals surface area contributed by atoms with Gasteiger partial charge >= 0.3 is 5.97 Å². The van der Waals surface area contributed by atoms with Gasteiger partial charge in [0.2, 0.25) is 5.91 Å². The van der Waals surface area contributed by atoms with Crippen LogP contribution in [0.4, 0.5) is 5.69 Å². The second-order valence-electron chi connectivity index (χ2n) is 7.75. The van der Waals surface area contributed by atoms with Crippen LogP contribution < -0.4 is 4.90 Å². The number of carbonyl (C=O) groups is 3. The van der Waals surface area contributed by atoms with E-state index in [1.165, 1.54) is 37.4 Å². The zero-order chi connectivity index (χ0) is 25.2. The van der Waals surface area contributed by atoms with Gasteiger partial charge in [-0.3, -0.25) is 9.59 Å². The Morgan fingerprint density at radius 2 is 1.89 bits per heavy atom. The quantitative estimate of drug-likeness (QED) is 0.323. The molecule has 0 N–H and O–H groups in total. The summed E-state index contributed by atoms with van der Waals surface area (Å²) in [5, 5.41) is 2.16. The Bertz CT molecular complexity index is 1360. The SMILES string of the molecule is COC(=O)c1ccc(N2C(=O)CC(N(CCc3cccc(Cl)c3)S(=O)(=O)c3cccs3)C2=O)cc1. The third kappa shape index (κ3) is 5.15. The maximum Gasteiger partial charge on any atom is 0.337 e. The van der Waals surface area contributed by atoms with E-state index in [1.807, 2.05) is 6.07 Å². The standard InChI is InChI=1S/C24H21ClN2O6S2/c1-33-24(30)17-7-9-19(10-8-17)27-21(28)15-20(23(27)29)26(35(31,32)22-6-3-13-34-22)12-11-16-4-2-5-18(25)14-16/h2-10,13-14,20H,11-12,15H2,1H3. The summed E-state index contributed by atoms with van der Waals surface area (Å²) in [6, 6.07) is 14.7. The van der Waals surface area contributed by atoms with Crippen molar-refractivity contribution < 1.29 is 27.5 Å². The molecular formula is C24H21ClN2O6S2. The fourth-order valence-electron chi connectivity index (χ4n) is 3.88. The van der Waals surface area contributed by atoms with E-state index in [0.29, 0.717) is 11.4 Å². The summed E-state index contributed by atoms with van der Waals surface area (Å²) in [6.07, 6.45) is 0.00863. The largest absolute Gasteiger partial charge is 0.465 e. The molecule has 8 nitrogen and oxygen atoms in total. The third-order valence-electron chi connectivity index (χ3n) is 5.58. The number of nitrogens with zero attached hydrogens (tertiary/aromatic N) is 2. The first kappa shape index (κ1) is 25.1. The first-order chi connectivity index (χ1) is 16.7. The summed E-state index contributed by atoms with van der Waals surface area (Å²) in [4.78, 5) is 38.9. The van der Waals surface area contributed by atoms with Crippen molar-refractivity contribution in [2.75, 3.05) is 18.6 Å². The number of rotatable bonds is 8. The van der Waals surface area contributed by atoms with Crippen molar-refractivity contribution in [3.63, 3.8) is 0 Å². The highest BCUT2D eigenvalue weighted by Gasteiger charge is 2.47. The number of hydrogen-bond acceptors (Lipinski definition) is 7. The molecule has 4 rings (SSSR count). The van der Waals surface area contributed by atoms with Crippen LogP contribution in [-0.4, -0.2) is 50.2 Å². The molecule has 182 valence electrons. The Hall–Kier alpha value is -3.05. The Kier molecular flexibility index (Phi) is 7.36. The van der Waals surface area contributed by atoms with Crippen LogP contribution in [-0.2, 0) is 30.8 Å². The van der Waals surface area contributed by atoms with Gasteiger partial charge in [-0.1, -0.05) is 29.8 Å². The predicted octanol–water partition coefficient (Wildman–Crippen LogP) is 3.75. The zero-order valence-electron chi connectivity index (χ0n) is 18.6. The first-order valence-corrected chi connectivity index (χ1v) is 13.3. The molecular weight excluding hydrogens is 512 g/mol. The molecule has 3 aromatic rings. The lowest BCUT2D eigenvalue weighted by molar-refractivity contribution is -0.122. The minimum atomic E-state index is -4.05. The van der Waals surface area contributed by atoms with Crippen LogP contribution in [0.3, 0.4) is 0 Å². The molecule has 2 amide bonds. The first-order valence-electron chi connectivity index (χ1n) is 10.6. The van der Waals surface area contributed by atoms with Gasteiger partial charge in [-0.25, -0.2) is 18.1 Å². The highest BCUT2D eigenvalue weighted by atomic mass is 35.5. The van der Waals surface area contributed by atoms with E-state index >= 15 is 0 Å². The molecule has 35 heavy (non-hydrogen) atoms. The lowest BCUT2D eigenvalue weighted by Gasteiger charge is -2.26. The monoisotopic (exact) mass is 532 g/mol. The van der Waals surface area contributed by atoms with E-state index < -0.39 is 33.8 Å². The number of amides is 2. The van der Waals surface area contributed by atoms with Crippen LogP contribution in [0.2, 0.25) is 5.02 Å². The zero-order valence-corrected chi connectivity index (χ0v) is 21.0. The van der Waals surface area contributed by atoms with Crippen LogP contribution in [0.5, 0.6) is 0 Å². The number of halogens is 1. The number of esters is 1. The van der Waals surface area contributed by atoms with Crippen molar-refractivity contribution in [3.05, 3.63) is 82.2 Å². The summed E-state index contributed by atoms with van der Waals surface area (Å²) in [6.45, 7) is -0.0145. The Morgan fingerprint density at radius 1 is 1.14 bits per heavy atom. The van der Waals surface area contributed by atoms with Gasteiger partial charge in [-0.05, 0) is 59.8 Å². The Balaban J connectivity index is 1.64. The van der Waals surface area contributed by atoms with Gasteiger partial charge < -0.3 is 4.74 Å². The molecule has 0 saturated carbocycles. The minimum Gasteiger partial charge on any atom is -0.465 e. The van der Waals surface area contributed by atoms with Gasteiger partial charge in [0.05, 0.1) is 24.8 Å². The Morgan fingerprint density at radius 3 is 2.51 bits per heavy atom. The maximum atomic E-state index is 13.5. The normalized spacial score (nSPS) is 16.2. The van der Waals surface area contributed by atoms with E-state index in [4.69, 9.17) is 11.6 Å². The van der Waals surface area contributed by atoms with Gasteiger partial charge in [0, 0.05) is 11.6 Å². The molecule has 2 heterocycles. The average molecular weight is 533 g/mol. The highest BCUT2D eigenvalue weighted by molar-refractivity contribution is 7.91. The van der Waals surface area contributed by atoms with Gasteiger partial charge in [-0.2, -0.15) is 4.31 Å². The van der Waals surface area contributed by atoms with Crippen LogP contribution in [0, 0.1) is 0 Å². The summed E-state index contributed by atoms with van der Waals surface area (Å²) in [5.41, 5.74) is 1.31. The summed E-state index contributed by atoms with van der Waals surface area (Å²) < 4.78 is 32.8. The summed E-state index contributed by atoms with van der Waals surface area (Å²) in [5.74, 6) is -1.73. The number of imide groups is 1. The topological polar surface area (TPSA) is 101 Å². The van der Waals surface area contributed by atoms with E-state index in [2.05, 4.69) is 4.74 Å². The summed E-state index contributed by atoms with van der Waals surface area (Å²) in [7, 11) is -2.80. The number of carbonyl (C=O) groups excluding carboxylic acids is 3. The second-order valence-corrected chi connectivity index (χ2v) is 11.3. The molecule has 0 spiro atoms. The fraction of sp³-hybridized carbons (Fsp3) is 0.208. The Labute approximate surface area is 211 Å². The molecule has 0 radical (unpaired) electrons. The van der Waals surface area contributed by atoms with Crippen LogP contribution in [0.25, 0.3) is 0 Å². The maximum absolute atomic E-state index is 13.5. The second kappa shape index (κ2) is 10.3. The van der Waals surface area contributed by atoms with E-state index in [-0.39, 0.29) is 28.4 Å². The van der Waals surface area contributed by atoms with Crippen molar-refractivity contribution >= 4 is 56.4 Å². The van der Waals surface area contributed by atoms with Crippen LogP contribution in [0.15, 0.2) is 70.3 Å². The molecule has 1 aliphatic heterocycles. The number of ether oxygens (including phenoxy) is 1. The van der Waals surface area contributed by atoms with Crippen molar-refractivity contribution in [1.29, 1.82) is 0 Å². The van der Waals surface area contributed by atoms with Crippen LogP contribution in [0.1, 0.15) is 22.3 Å². The van der Waals surface area contributed by atoms with Crippen molar-refractivity contribution in [2.24, 2.45) is 0 Å². The van der Waals surface area contributed by atoms with Gasteiger partial charge in [0.25, 0.3) is 15.9 Å². The minimum absolute atomic E-state index is 0.0145. The highest BCUT2D eigenvalue weighted by Crippen LogP contribution is 2.31. The van der Waals surface area contributed by atoms with Gasteiger partial charge in [-0.15, -0.1) is 11.3 Å². The van der Waals surface area contributed by atoms with Crippen molar-refractivity contribution in [2.45, 2.75) is 23.1 Å². The molecule has 1 fully saturated rings. The van der Waals surface area contributed by atoms with Crippen LogP contribution >= 0.6 is 22.9 Å². The number of hydrogen-bond donors (Lipinski definition) is 0. The van der Waals surface area contributed by atoms with Crippen molar-refractivity contribution in [1.82, 2.24) is 4.31 Å². The van der Waals surface area contributed by atoms with E-state index in [1.54, 1.807) is 29.6 Å². The lowest BCUT2D eigenvalue weighted by atomic mass is 10.1.